The van der Waals surface area contributed by atoms with E-state index in [1.54, 1.807) is 17.1 Å². The molecule has 2 aromatic rings. The molecule has 0 saturated heterocycles. The van der Waals surface area contributed by atoms with Gasteiger partial charge in [-0.1, -0.05) is 18.2 Å². The van der Waals surface area contributed by atoms with Crippen LogP contribution in [0.15, 0.2) is 42.9 Å². The molecule has 5 nitrogen and oxygen atoms in total. The number of nitrogens with one attached hydrogen (secondary N) is 1. The summed E-state index contributed by atoms with van der Waals surface area (Å²) in [6.07, 6.45) is 3.95. The molecule has 5 heteroatoms. The summed E-state index contributed by atoms with van der Waals surface area (Å²) in [6.45, 7) is 2.48. The molecule has 0 bridgehead atoms. The highest BCUT2D eigenvalue weighted by Crippen LogP contribution is 2.10. The first-order valence-electron chi connectivity index (χ1n) is 6.30. The number of hydrogen-bond donors (Lipinski definition) is 2. The fourth-order valence-electron chi connectivity index (χ4n) is 1.76. The average Bonchev–Trinajstić information content (AvgIpc) is 2.88. The average molecular weight is 258 g/mol. The molecule has 100 valence electrons. The predicted molar refractivity (Wildman–Crippen MR) is 74.2 cm³/mol. The molecule has 3 N–H and O–H groups in total. The zero-order chi connectivity index (χ0) is 13.7. The van der Waals surface area contributed by atoms with Crippen LogP contribution in [0.1, 0.15) is 23.8 Å². The number of para-hydroxylation sites is 1. The lowest BCUT2D eigenvalue weighted by Crippen LogP contribution is -2.30. The maximum atomic E-state index is 12.1. The lowest BCUT2D eigenvalue weighted by molar-refractivity contribution is 0.0946. The van der Waals surface area contributed by atoms with E-state index in [2.05, 4.69) is 10.3 Å². The number of hydrogen-bond acceptors (Lipinski definition) is 3. The van der Waals surface area contributed by atoms with Gasteiger partial charge in [0.05, 0.1) is 12.5 Å². The Kier molecular flexibility index (Phi) is 4.30. The van der Waals surface area contributed by atoms with Crippen LogP contribution in [0.3, 0.4) is 0 Å². The van der Waals surface area contributed by atoms with Crippen molar-refractivity contribution >= 4 is 5.91 Å². The van der Waals surface area contributed by atoms with Crippen molar-refractivity contribution in [3.8, 4) is 5.69 Å². The monoisotopic (exact) mass is 258 g/mol. The molecular weight excluding hydrogens is 240 g/mol. The zero-order valence-electron chi connectivity index (χ0n) is 10.9. The molecule has 0 radical (unpaired) electrons. The Hall–Kier alpha value is -2.14. The van der Waals surface area contributed by atoms with Crippen molar-refractivity contribution < 1.29 is 4.79 Å². The van der Waals surface area contributed by atoms with Crippen LogP contribution in [0.2, 0.25) is 0 Å². The highest BCUT2D eigenvalue weighted by atomic mass is 16.1. The van der Waals surface area contributed by atoms with Crippen LogP contribution < -0.4 is 11.1 Å². The van der Waals surface area contributed by atoms with Crippen LogP contribution in [0.4, 0.5) is 0 Å². The molecule has 0 fully saturated rings. The first kappa shape index (κ1) is 13.3. The van der Waals surface area contributed by atoms with E-state index in [4.69, 9.17) is 5.73 Å². The lowest BCUT2D eigenvalue weighted by Gasteiger charge is -2.09. The van der Waals surface area contributed by atoms with Crippen LogP contribution in [0.25, 0.3) is 5.69 Å². The SMILES string of the molecule is CC(N)CCNC(=O)c1cncn1-c1ccccc1. The Morgan fingerprint density at radius 3 is 2.84 bits per heavy atom. The molecular formula is C14H18N4O. The van der Waals surface area contributed by atoms with Crippen molar-refractivity contribution in [2.24, 2.45) is 5.73 Å². The number of benzene rings is 1. The summed E-state index contributed by atoms with van der Waals surface area (Å²) in [5.74, 6) is -0.137. The smallest absolute Gasteiger partial charge is 0.269 e. The van der Waals surface area contributed by atoms with E-state index in [-0.39, 0.29) is 11.9 Å². The Labute approximate surface area is 112 Å². The highest BCUT2D eigenvalue weighted by molar-refractivity contribution is 5.92. The number of carbonyl (C=O) groups excluding carboxylic acids is 1. The van der Waals surface area contributed by atoms with E-state index < -0.39 is 0 Å². The fourth-order valence-corrected chi connectivity index (χ4v) is 1.76. The number of amides is 1. The largest absolute Gasteiger partial charge is 0.351 e. The Balaban J connectivity index is 2.09. The van der Waals surface area contributed by atoms with E-state index in [1.807, 2.05) is 37.3 Å². The number of carbonyl (C=O) groups is 1. The number of aromatic nitrogens is 2. The van der Waals surface area contributed by atoms with Gasteiger partial charge < -0.3 is 11.1 Å². The fraction of sp³-hybridized carbons (Fsp3) is 0.286. The van der Waals surface area contributed by atoms with Gasteiger partial charge in [-0.05, 0) is 25.5 Å². The molecule has 1 heterocycles. The number of rotatable bonds is 5. The van der Waals surface area contributed by atoms with Crippen LogP contribution in [-0.2, 0) is 0 Å². The van der Waals surface area contributed by atoms with Crippen molar-refractivity contribution in [1.82, 2.24) is 14.9 Å². The Morgan fingerprint density at radius 2 is 2.16 bits per heavy atom. The second-order valence-corrected chi connectivity index (χ2v) is 4.51. The van der Waals surface area contributed by atoms with Crippen molar-refractivity contribution in [2.75, 3.05) is 6.54 Å². The molecule has 0 aliphatic carbocycles. The first-order chi connectivity index (χ1) is 9.18. The van der Waals surface area contributed by atoms with Gasteiger partial charge in [0.2, 0.25) is 0 Å². The maximum absolute atomic E-state index is 12.1. The number of nitrogens with zero attached hydrogens (tertiary/aromatic N) is 2. The highest BCUT2D eigenvalue weighted by Gasteiger charge is 2.12. The van der Waals surface area contributed by atoms with Gasteiger partial charge in [-0.2, -0.15) is 0 Å². The molecule has 0 aliphatic heterocycles. The van der Waals surface area contributed by atoms with Crippen molar-refractivity contribution in [2.45, 2.75) is 19.4 Å². The van der Waals surface area contributed by atoms with Gasteiger partial charge in [0.25, 0.3) is 5.91 Å². The predicted octanol–water partition coefficient (Wildman–Crippen LogP) is 1.34. The summed E-state index contributed by atoms with van der Waals surface area (Å²) >= 11 is 0. The van der Waals surface area contributed by atoms with Crippen molar-refractivity contribution in [1.29, 1.82) is 0 Å². The van der Waals surface area contributed by atoms with E-state index in [0.717, 1.165) is 12.1 Å². The third-order valence-corrected chi connectivity index (χ3v) is 2.79. The van der Waals surface area contributed by atoms with E-state index in [9.17, 15) is 4.79 Å². The van der Waals surface area contributed by atoms with E-state index in [1.165, 1.54) is 0 Å². The van der Waals surface area contributed by atoms with Gasteiger partial charge in [-0.3, -0.25) is 9.36 Å². The molecule has 2 rings (SSSR count). The maximum Gasteiger partial charge on any atom is 0.269 e. The summed E-state index contributed by atoms with van der Waals surface area (Å²) < 4.78 is 1.77. The summed E-state index contributed by atoms with van der Waals surface area (Å²) in [5.41, 5.74) is 7.09. The zero-order valence-corrected chi connectivity index (χ0v) is 10.9. The quantitative estimate of drug-likeness (QED) is 0.850. The van der Waals surface area contributed by atoms with Gasteiger partial charge in [-0.25, -0.2) is 4.98 Å². The van der Waals surface area contributed by atoms with Crippen molar-refractivity contribution in [3.63, 3.8) is 0 Å². The molecule has 1 aromatic carbocycles. The standard InChI is InChI=1S/C14H18N4O/c1-11(15)7-8-17-14(19)13-9-16-10-18(13)12-5-3-2-4-6-12/h2-6,9-11H,7-8,15H2,1H3,(H,17,19). The summed E-state index contributed by atoms with van der Waals surface area (Å²) in [7, 11) is 0. The second kappa shape index (κ2) is 6.15. The Bertz CT molecular complexity index is 533. The minimum Gasteiger partial charge on any atom is -0.351 e. The number of imidazole rings is 1. The minimum absolute atomic E-state index is 0.0827. The third kappa shape index (κ3) is 3.42. The van der Waals surface area contributed by atoms with E-state index in [0.29, 0.717) is 12.2 Å². The summed E-state index contributed by atoms with van der Waals surface area (Å²) in [6, 6.07) is 9.73. The van der Waals surface area contributed by atoms with Crippen LogP contribution >= 0.6 is 0 Å². The van der Waals surface area contributed by atoms with E-state index >= 15 is 0 Å². The molecule has 19 heavy (non-hydrogen) atoms. The third-order valence-electron chi connectivity index (χ3n) is 2.79. The molecule has 1 unspecified atom stereocenters. The first-order valence-corrected chi connectivity index (χ1v) is 6.30. The minimum atomic E-state index is -0.137. The summed E-state index contributed by atoms with van der Waals surface area (Å²) in [4.78, 5) is 16.1. The molecule has 1 aromatic heterocycles. The lowest BCUT2D eigenvalue weighted by atomic mass is 10.2. The number of nitrogens with two attached hydrogens (primary N) is 1. The van der Waals surface area contributed by atoms with Crippen LogP contribution in [0.5, 0.6) is 0 Å². The van der Waals surface area contributed by atoms with Crippen LogP contribution in [-0.4, -0.2) is 28.0 Å². The molecule has 0 spiro atoms. The van der Waals surface area contributed by atoms with Gasteiger partial charge >= 0.3 is 0 Å². The van der Waals surface area contributed by atoms with Crippen LogP contribution in [0, 0.1) is 0 Å². The Morgan fingerprint density at radius 1 is 1.42 bits per heavy atom. The molecule has 1 atom stereocenters. The van der Waals surface area contributed by atoms with Gasteiger partial charge in [0.15, 0.2) is 0 Å². The topological polar surface area (TPSA) is 72.9 Å². The second-order valence-electron chi connectivity index (χ2n) is 4.51. The molecule has 0 saturated carbocycles. The summed E-state index contributed by atoms with van der Waals surface area (Å²) in [5, 5.41) is 2.85. The molecule has 1 amide bonds. The van der Waals surface area contributed by atoms with Crippen molar-refractivity contribution in [3.05, 3.63) is 48.5 Å². The van der Waals surface area contributed by atoms with Gasteiger partial charge in [0.1, 0.15) is 5.69 Å². The normalized spacial score (nSPS) is 12.1. The van der Waals surface area contributed by atoms with Gasteiger partial charge in [0, 0.05) is 18.3 Å². The molecule has 0 aliphatic rings. The van der Waals surface area contributed by atoms with Gasteiger partial charge in [-0.15, -0.1) is 0 Å².